The highest BCUT2D eigenvalue weighted by atomic mass is 16.5. The van der Waals surface area contributed by atoms with Crippen molar-refractivity contribution in [3.8, 4) is 11.5 Å². The van der Waals surface area contributed by atoms with Crippen LogP contribution in [0, 0.1) is 0 Å². The highest BCUT2D eigenvalue weighted by molar-refractivity contribution is 5.51. The van der Waals surface area contributed by atoms with Gasteiger partial charge in [-0.3, -0.25) is 0 Å². The first-order chi connectivity index (χ1) is 14.7. The monoisotopic (exact) mass is 406 g/mol. The fourth-order valence-electron chi connectivity index (χ4n) is 3.55. The first-order valence-electron chi connectivity index (χ1n) is 10.4. The van der Waals surface area contributed by atoms with Gasteiger partial charge in [0, 0.05) is 31.5 Å². The van der Waals surface area contributed by atoms with E-state index in [1.54, 1.807) is 0 Å². The summed E-state index contributed by atoms with van der Waals surface area (Å²) < 4.78 is 11.4. The third kappa shape index (κ3) is 5.21. The molecule has 3 rings (SSSR count). The van der Waals surface area contributed by atoms with Crippen molar-refractivity contribution in [3.63, 3.8) is 0 Å². The summed E-state index contributed by atoms with van der Waals surface area (Å²) in [4.78, 5) is 0. The molecule has 3 aromatic carbocycles. The number of aliphatic hydroxyl groups is 2. The minimum absolute atomic E-state index is 0.129. The number of hydrogen-bond acceptors (Lipinski definition) is 4. The Bertz CT molecular complexity index is 820. The molecule has 0 spiro atoms. The molecule has 0 heterocycles. The third-order valence-electron chi connectivity index (χ3n) is 5.36. The van der Waals surface area contributed by atoms with Gasteiger partial charge in [-0.15, -0.1) is 0 Å². The lowest BCUT2D eigenvalue weighted by Gasteiger charge is -2.32. The van der Waals surface area contributed by atoms with Crippen molar-refractivity contribution in [2.24, 2.45) is 0 Å². The molecule has 0 fully saturated rings. The zero-order chi connectivity index (χ0) is 21.2. The number of aliphatic hydroxyl groups excluding tert-OH is 2. The summed E-state index contributed by atoms with van der Waals surface area (Å²) >= 11 is 0. The lowest BCUT2D eigenvalue weighted by Crippen LogP contribution is -2.25. The van der Waals surface area contributed by atoms with Crippen molar-refractivity contribution in [1.82, 2.24) is 0 Å². The van der Waals surface area contributed by atoms with Gasteiger partial charge < -0.3 is 19.7 Å². The number of hydrogen-bond donors (Lipinski definition) is 2. The number of benzene rings is 3. The molecule has 0 aliphatic heterocycles. The van der Waals surface area contributed by atoms with Crippen LogP contribution in [0.4, 0.5) is 0 Å². The van der Waals surface area contributed by atoms with Gasteiger partial charge in [-0.2, -0.15) is 0 Å². The van der Waals surface area contributed by atoms with Crippen molar-refractivity contribution in [1.29, 1.82) is 0 Å². The Morgan fingerprint density at radius 2 is 1.00 bits per heavy atom. The summed E-state index contributed by atoms with van der Waals surface area (Å²) in [5.74, 6) is 1.60. The maximum Gasteiger partial charge on any atom is 0.119 e. The Kier molecular flexibility index (Phi) is 7.89. The summed E-state index contributed by atoms with van der Waals surface area (Å²) in [7, 11) is 0. The van der Waals surface area contributed by atoms with E-state index in [1.807, 2.05) is 30.3 Å². The molecule has 4 heteroatoms. The zero-order valence-electron chi connectivity index (χ0n) is 17.5. The van der Waals surface area contributed by atoms with Crippen LogP contribution in [0.5, 0.6) is 11.5 Å². The van der Waals surface area contributed by atoms with Gasteiger partial charge >= 0.3 is 0 Å². The minimum atomic E-state index is -0.339. The summed E-state index contributed by atoms with van der Waals surface area (Å²) in [6, 6.07) is 26.8. The summed E-state index contributed by atoms with van der Waals surface area (Å²) in [5, 5.41) is 17.9. The van der Waals surface area contributed by atoms with Crippen LogP contribution in [0.25, 0.3) is 0 Å². The van der Waals surface area contributed by atoms with Crippen LogP contribution in [-0.2, 0) is 5.41 Å². The van der Waals surface area contributed by atoms with E-state index in [2.05, 4.69) is 55.5 Å². The topological polar surface area (TPSA) is 58.9 Å². The van der Waals surface area contributed by atoms with Crippen molar-refractivity contribution in [2.45, 2.75) is 25.2 Å². The molecule has 0 aromatic heterocycles. The molecule has 2 N–H and O–H groups in total. The lowest BCUT2D eigenvalue weighted by molar-refractivity contribution is 0.233. The zero-order valence-corrected chi connectivity index (χ0v) is 17.5. The van der Waals surface area contributed by atoms with Gasteiger partial charge in [0.2, 0.25) is 0 Å². The van der Waals surface area contributed by atoms with E-state index in [4.69, 9.17) is 19.7 Å². The summed E-state index contributed by atoms with van der Waals surface area (Å²) in [6.07, 6.45) is 1.24. The van der Waals surface area contributed by atoms with Crippen molar-refractivity contribution < 1.29 is 19.7 Å². The quantitative estimate of drug-likeness (QED) is 0.362. The Balaban J connectivity index is 1.91. The molecule has 158 valence electrons. The Morgan fingerprint density at radius 3 is 1.40 bits per heavy atom. The molecule has 0 saturated heterocycles. The first kappa shape index (κ1) is 21.9. The summed E-state index contributed by atoms with van der Waals surface area (Å²) in [5.41, 5.74) is 3.19. The largest absolute Gasteiger partial charge is 0.494 e. The number of rotatable bonds is 11. The molecule has 0 bridgehead atoms. The van der Waals surface area contributed by atoms with Crippen LogP contribution in [0.15, 0.2) is 78.9 Å². The van der Waals surface area contributed by atoms with E-state index in [-0.39, 0.29) is 18.6 Å². The number of ether oxygens (including phenoxy) is 2. The van der Waals surface area contributed by atoms with Crippen molar-refractivity contribution in [3.05, 3.63) is 95.6 Å². The van der Waals surface area contributed by atoms with Gasteiger partial charge in [-0.25, -0.2) is 0 Å². The van der Waals surface area contributed by atoms with Crippen molar-refractivity contribution in [2.75, 3.05) is 26.4 Å². The highest BCUT2D eigenvalue weighted by Crippen LogP contribution is 2.39. The SMILES string of the molecule is CC(c1ccccc1)(c1ccc(OCCCO)cc1)c1ccc(OCCCO)cc1. The standard InChI is InChI=1S/C26H30O4/c1-26(21-7-3-2-4-8-21,22-9-13-24(14-10-22)29-19-5-17-27)23-11-15-25(16-12-23)30-20-6-18-28/h2-4,7-16,27-28H,5-6,17-20H2,1H3. The molecule has 0 unspecified atom stereocenters. The third-order valence-corrected chi connectivity index (χ3v) is 5.36. The fraction of sp³-hybridized carbons (Fsp3) is 0.308. The normalized spacial score (nSPS) is 11.3. The Labute approximate surface area is 178 Å². The maximum atomic E-state index is 8.93. The Morgan fingerprint density at radius 1 is 0.600 bits per heavy atom. The Hall–Kier alpha value is -2.82. The molecule has 0 atom stereocenters. The second kappa shape index (κ2) is 10.8. The summed E-state index contributed by atoms with van der Waals surface area (Å²) in [6.45, 7) is 3.49. The van der Waals surface area contributed by atoms with E-state index in [0.29, 0.717) is 26.1 Å². The molecule has 3 aromatic rings. The van der Waals surface area contributed by atoms with Gasteiger partial charge in [-0.1, -0.05) is 54.6 Å². The van der Waals surface area contributed by atoms with Crippen LogP contribution in [-0.4, -0.2) is 36.6 Å². The predicted molar refractivity (Wildman–Crippen MR) is 119 cm³/mol. The van der Waals surface area contributed by atoms with Gasteiger partial charge in [0.25, 0.3) is 0 Å². The molecule has 4 nitrogen and oxygen atoms in total. The fourth-order valence-corrected chi connectivity index (χ4v) is 3.55. The van der Waals surface area contributed by atoms with Gasteiger partial charge in [0.05, 0.1) is 13.2 Å². The molecular weight excluding hydrogens is 376 g/mol. The second-order valence-electron chi connectivity index (χ2n) is 7.39. The molecule has 0 amide bonds. The van der Waals surface area contributed by atoms with Gasteiger partial charge in [0.1, 0.15) is 11.5 Å². The average Bonchev–Trinajstić information content (AvgIpc) is 2.80. The van der Waals surface area contributed by atoms with Crippen LogP contribution < -0.4 is 9.47 Å². The molecule has 0 radical (unpaired) electrons. The first-order valence-corrected chi connectivity index (χ1v) is 10.4. The van der Waals surface area contributed by atoms with E-state index < -0.39 is 0 Å². The van der Waals surface area contributed by atoms with Crippen LogP contribution >= 0.6 is 0 Å². The van der Waals surface area contributed by atoms with Gasteiger partial charge in [0.15, 0.2) is 0 Å². The lowest BCUT2D eigenvalue weighted by atomic mass is 9.71. The highest BCUT2D eigenvalue weighted by Gasteiger charge is 2.31. The van der Waals surface area contributed by atoms with Crippen LogP contribution in [0.3, 0.4) is 0 Å². The van der Waals surface area contributed by atoms with E-state index in [9.17, 15) is 0 Å². The second-order valence-corrected chi connectivity index (χ2v) is 7.39. The van der Waals surface area contributed by atoms with Crippen LogP contribution in [0.1, 0.15) is 36.5 Å². The van der Waals surface area contributed by atoms with E-state index >= 15 is 0 Å². The van der Waals surface area contributed by atoms with Crippen molar-refractivity contribution >= 4 is 0 Å². The van der Waals surface area contributed by atoms with E-state index in [1.165, 1.54) is 5.56 Å². The maximum absolute atomic E-state index is 8.93. The van der Waals surface area contributed by atoms with Gasteiger partial charge in [-0.05, 0) is 47.9 Å². The molecule has 0 aliphatic carbocycles. The molecule has 0 saturated carbocycles. The molecule has 30 heavy (non-hydrogen) atoms. The molecule has 0 aliphatic rings. The van der Waals surface area contributed by atoms with E-state index in [0.717, 1.165) is 22.6 Å². The minimum Gasteiger partial charge on any atom is -0.494 e. The average molecular weight is 407 g/mol. The molecular formula is C26H30O4. The predicted octanol–water partition coefficient (Wildman–Crippen LogP) is 4.56. The smallest absolute Gasteiger partial charge is 0.119 e. The van der Waals surface area contributed by atoms with Crippen LogP contribution in [0.2, 0.25) is 0 Å².